The number of hydrogen-bond acceptors (Lipinski definition) is 3. The largest absolute Gasteiger partial charge is 0.494 e. The molecule has 1 amide bonds. The predicted octanol–water partition coefficient (Wildman–Crippen LogP) is 6.85. The summed E-state index contributed by atoms with van der Waals surface area (Å²) < 4.78 is 22.0. The molecule has 1 unspecified atom stereocenters. The molecule has 1 aliphatic heterocycles. The van der Waals surface area contributed by atoms with E-state index in [0.717, 1.165) is 42.0 Å². The van der Waals surface area contributed by atoms with Gasteiger partial charge in [-0.1, -0.05) is 51.1 Å². The lowest BCUT2D eigenvalue weighted by atomic mass is 9.87. The molecule has 0 spiro atoms. The first kappa shape index (κ1) is 25.0. The molecule has 0 bridgehead atoms. The van der Waals surface area contributed by atoms with E-state index in [1.165, 1.54) is 17.7 Å². The van der Waals surface area contributed by atoms with Crippen molar-refractivity contribution in [1.82, 2.24) is 9.55 Å². The number of nitrogens with zero attached hydrogens (tertiary/aromatic N) is 3. The van der Waals surface area contributed by atoms with Gasteiger partial charge in [0.15, 0.2) is 0 Å². The van der Waals surface area contributed by atoms with Crippen molar-refractivity contribution in [2.75, 3.05) is 18.1 Å². The lowest BCUT2D eigenvalue weighted by molar-refractivity contribution is -0.117. The zero-order chi connectivity index (χ0) is 26.0. The van der Waals surface area contributed by atoms with Crippen LogP contribution < -0.4 is 9.64 Å². The Morgan fingerprint density at radius 3 is 2.54 bits per heavy atom. The standard InChI is InChI=1S/C31H34FN3O2/c1-31(2,3)23-13-15-26(16-14-23)37-18-7-6-17-34-28-12-5-4-11-27(28)33-30(34)22-19-29(36)35(21-22)25-10-8-9-24(32)20-25/h4-5,8-16,20,22H,6-7,17-19,21H2,1-3H3. The zero-order valence-electron chi connectivity index (χ0n) is 21.8. The number of anilines is 1. The highest BCUT2D eigenvalue weighted by molar-refractivity contribution is 5.96. The van der Waals surface area contributed by atoms with Gasteiger partial charge < -0.3 is 14.2 Å². The molecular weight excluding hydrogens is 465 g/mol. The second kappa shape index (κ2) is 10.4. The summed E-state index contributed by atoms with van der Waals surface area (Å²) in [7, 11) is 0. The first-order valence-corrected chi connectivity index (χ1v) is 13.0. The maximum Gasteiger partial charge on any atom is 0.227 e. The highest BCUT2D eigenvalue weighted by Gasteiger charge is 2.35. The van der Waals surface area contributed by atoms with Gasteiger partial charge in [0.2, 0.25) is 5.91 Å². The molecule has 0 aliphatic carbocycles. The van der Waals surface area contributed by atoms with Gasteiger partial charge in [0, 0.05) is 31.1 Å². The summed E-state index contributed by atoms with van der Waals surface area (Å²) >= 11 is 0. The van der Waals surface area contributed by atoms with Crippen molar-refractivity contribution in [3.63, 3.8) is 0 Å². The van der Waals surface area contributed by atoms with Gasteiger partial charge in [-0.25, -0.2) is 9.37 Å². The van der Waals surface area contributed by atoms with E-state index in [9.17, 15) is 9.18 Å². The van der Waals surface area contributed by atoms with Crippen LogP contribution in [0, 0.1) is 5.82 Å². The molecule has 0 radical (unpaired) electrons. The van der Waals surface area contributed by atoms with Crippen molar-refractivity contribution in [2.24, 2.45) is 0 Å². The Labute approximate surface area is 217 Å². The molecule has 3 aromatic carbocycles. The SMILES string of the molecule is CC(C)(C)c1ccc(OCCCCn2c(C3CC(=O)N(c4cccc(F)c4)C3)nc3ccccc32)cc1. The van der Waals surface area contributed by atoms with Crippen LogP contribution in [0.4, 0.5) is 10.1 Å². The van der Waals surface area contributed by atoms with Gasteiger partial charge in [-0.15, -0.1) is 0 Å². The van der Waals surface area contributed by atoms with Crippen molar-refractivity contribution in [1.29, 1.82) is 0 Å². The maximum atomic E-state index is 13.8. The molecule has 2 heterocycles. The predicted molar refractivity (Wildman–Crippen MR) is 146 cm³/mol. The Balaban J connectivity index is 1.25. The van der Waals surface area contributed by atoms with Crippen LogP contribution in [0.15, 0.2) is 72.8 Å². The van der Waals surface area contributed by atoms with E-state index in [1.807, 2.05) is 30.3 Å². The van der Waals surface area contributed by atoms with E-state index in [1.54, 1.807) is 17.0 Å². The average Bonchev–Trinajstić information content (AvgIpc) is 3.44. The van der Waals surface area contributed by atoms with Crippen molar-refractivity contribution in [3.05, 3.63) is 90.0 Å². The summed E-state index contributed by atoms with van der Waals surface area (Å²) in [6, 6.07) is 22.7. The summed E-state index contributed by atoms with van der Waals surface area (Å²) in [6.45, 7) is 8.56. The van der Waals surface area contributed by atoms with Crippen molar-refractivity contribution < 1.29 is 13.9 Å². The molecule has 6 heteroatoms. The number of hydrogen-bond donors (Lipinski definition) is 0. The molecule has 1 atom stereocenters. The number of halogens is 1. The molecule has 5 rings (SSSR count). The molecule has 5 nitrogen and oxygen atoms in total. The molecule has 1 aliphatic rings. The second-order valence-electron chi connectivity index (χ2n) is 10.8. The molecule has 0 N–H and O–H groups in total. The summed E-state index contributed by atoms with van der Waals surface area (Å²) in [5.41, 5.74) is 4.03. The molecule has 4 aromatic rings. The van der Waals surface area contributed by atoms with Crippen LogP contribution in [0.3, 0.4) is 0 Å². The number of imidazole rings is 1. The van der Waals surface area contributed by atoms with E-state index in [2.05, 4.69) is 43.5 Å². The van der Waals surface area contributed by atoms with Gasteiger partial charge >= 0.3 is 0 Å². The zero-order valence-corrected chi connectivity index (χ0v) is 21.8. The number of aryl methyl sites for hydroxylation is 1. The smallest absolute Gasteiger partial charge is 0.227 e. The summed E-state index contributed by atoms with van der Waals surface area (Å²) in [5.74, 6) is 1.44. The van der Waals surface area contributed by atoms with Crippen LogP contribution in [0.5, 0.6) is 5.75 Å². The summed E-state index contributed by atoms with van der Waals surface area (Å²) in [5, 5.41) is 0. The third-order valence-corrected chi connectivity index (χ3v) is 7.06. The molecule has 192 valence electrons. The number of amides is 1. The summed E-state index contributed by atoms with van der Waals surface area (Å²) in [4.78, 5) is 19.5. The van der Waals surface area contributed by atoms with Gasteiger partial charge in [0.05, 0.1) is 17.6 Å². The number of ether oxygens (including phenoxy) is 1. The number of rotatable bonds is 8. The molecule has 37 heavy (non-hydrogen) atoms. The van der Waals surface area contributed by atoms with Gasteiger partial charge in [-0.05, 0) is 66.3 Å². The minimum absolute atomic E-state index is 0.0000789. The lowest BCUT2D eigenvalue weighted by Crippen LogP contribution is -2.24. The molecular formula is C31H34FN3O2. The number of carbonyl (C=O) groups excluding carboxylic acids is 1. The van der Waals surface area contributed by atoms with Crippen LogP contribution >= 0.6 is 0 Å². The van der Waals surface area contributed by atoms with E-state index in [0.29, 0.717) is 25.3 Å². The van der Waals surface area contributed by atoms with Crippen molar-refractivity contribution >= 4 is 22.6 Å². The van der Waals surface area contributed by atoms with Crippen molar-refractivity contribution in [2.45, 2.75) is 57.9 Å². The Morgan fingerprint density at radius 2 is 1.78 bits per heavy atom. The van der Waals surface area contributed by atoms with E-state index in [-0.39, 0.29) is 23.1 Å². The fraction of sp³-hybridized carbons (Fsp3) is 0.355. The van der Waals surface area contributed by atoms with Gasteiger partial charge in [0.1, 0.15) is 17.4 Å². The summed E-state index contributed by atoms with van der Waals surface area (Å²) in [6.07, 6.45) is 2.21. The number of benzene rings is 3. The fourth-order valence-corrected chi connectivity index (χ4v) is 5.03. The maximum absolute atomic E-state index is 13.8. The Hall–Kier alpha value is -3.67. The van der Waals surface area contributed by atoms with Crippen LogP contribution in [0.1, 0.15) is 57.3 Å². The third-order valence-electron chi connectivity index (χ3n) is 7.06. The Bertz CT molecular complexity index is 1390. The highest BCUT2D eigenvalue weighted by Crippen LogP contribution is 2.33. The van der Waals surface area contributed by atoms with Crippen LogP contribution in [0.25, 0.3) is 11.0 Å². The molecule has 1 saturated heterocycles. The Kier molecular flexibility index (Phi) is 7.00. The fourth-order valence-electron chi connectivity index (χ4n) is 5.03. The number of aromatic nitrogens is 2. The normalized spacial score (nSPS) is 16.1. The first-order valence-electron chi connectivity index (χ1n) is 13.0. The average molecular weight is 500 g/mol. The molecule has 1 fully saturated rings. The minimum Gasteiger partial charge on any atom is -0.494 e. The monoisotopic (exact) mass is 499 g/mol. The molecule has 1 aromatic heterocycles. The molecule has 0 saturated carbocycles. The van der Waals surface area contributed by atoms with E-state index in [4.69, 9.17) is 9.72 Å². The van der Waals surface area contributed by atoms with Crippen molar-refractivity contribution in [3.8, 4) is 5.75 Å². The van der Waals surface area contributed by atoms with E-state index >= 15 is 0 Å². The van der Waals surface area contributed by atoms with Gasteiger partial charge in [-0.2, -0.15) is 0 Å². The van der Waals surface area contributed by atoms with Gasteiger partial charge in [-0.3, -0.25) is 4.79 Å². The second-order valence-corrected chi connectivity index (χ2v) is 10.8. The lowest BCUT2D eigenvalue weighted by Gasteiger charge is -2.19. The van der Waals surface area contributed by atoms with Crippen LogP contribution in [-0.2, 0) is 16.8 Å². The number of carbonyl (C=O) groups is 1. The number of unbranched alkanes of at least 4 members (excludes halogenated alkanes) is 1. The third kappa shape index (κ3) is 5.53. The first-order chi connectivity index (χ1) is 17.8. The van der Waals surface area contributed by atoms with Crippen LogP contribution in [0.2, 0.25) is 0 Å². The Morgan fingerprint density at radius 1 is 1.00 bits per heavy atom. The topological polar surface area (TPSA) is 47.4 Å². The van der Waals surface area contributed by atoms with Crippen LogP contribution in [-0.4, -0.2) is 28.6 Å². The highest BCUT2D eigenvalue weighted by atomic mass is 19.1. The van der Waals surface area contributed by atoms with E-state index < -0.39 is 0 Å². The number of fused-ring (bicyclic) bond motifs is 1. The minimum atomic E-state index is -0.339. The van der Waals surface area contributed by atoms with Gasteiger partial charge in [0.25, 0.3) is 0 Å². The quantitative estimate of drug-likeness (QED) is 0.249. The number of para-hydroxylation sites is 2.